The molecule has 0 saturated heterocycles. The monoisotopic (exact) mass is 297 g/mol. The smallest absolute Gasteiger partial charge is 0.329 e. The number of hydrogen-bond donors (Lipinski definition) is 1. The van der Waals surface area contributed by atoms with E-state index in [4.69, 9.17) is 4.74 Å². The Morgan fingerprint density at radius 3 is 2.24 bits per heavy atom. The number of nitrogens with one attached hydrogen (secondary N) is 1. The number of carbonyl (C=O) groups excluding carboxylic acids is 2. The van der Waals surface area contributed by atoms with Crippen LogP contribution in [0.5, 0.6) is 0 Å². The number of carbonyl (C=O) groups is 2. The molecule has 1 aliphatic rings. The molecule has 0 aliphatic heterocycles. The Bertz CT molecular complexity index is 352. The molecule has 1 amide bonds. The largest absolute Gasteiger partial charge is 0.458 e. The predicted molar refractivity (Wildman–Crippen MR) is 83.8 cm³/mol. The molecule has 0 radical (unpaired) electrons. The summed E-state index contributed by atoms with van der Waals surface area (Å²) < 4.78 is 5.39. The van der Waals surface area contributed by atoms with Crippen LogP contribution in [0, 0.1) is 11.8 Å². The molecular weight excluding hydrogens is 266 g/mol. The highest BCUT2D eigenvalue weighted by molar-refractivity contribution is 5.84. The standard InChI is InChI=1S/C17H31NO3/c1-12(2)15(16(20)21-17(3,4)5)18-14(19)11-10-13-8-6-7-9-13/h12-13,15H,6-11H2,1-5H3,(H,18,19)/t15-/m0/s1. The molecule has 0 spiro atoms. The molecular formula is C17H31NO3. The lowest BCUT2D eigenvalue weighted by Crippen LogP contribution is -2.47. The summed E-state index contributed by atoms with van der Waals surface area (Å²) in [7, 11) is 0. The van der Waals surface area contributed by atoms with Gasteiger partial charge in [-0.25, -0.2) is 4.79 Å². The van der Waals surface area contributed by atoms with Crippen LogP contribution in [0.2, 0.25) is 0 Å². The Morgan fingerprint density at radius 1 is 1.19 bits per heavy atom. The number of amides is 1. The fourth-order valence-electron chi connectivity index (χ4n) is 2.74. The van der Waals surface area contributed by atoms with Gasteiger partial charge < -0.3 is 10.1 Å². The average molecular weight is 297 g/mol. The Labute approximate surface area is 129 Å². The van der Waals surface area contributed by atoms with Gasteiger partial charge in [-0.05, 0) is 39.0 Å². The Balaban J connectivity index is 2.45. The Morgan fingerprint density at radius 2 is 1.76 bits per heavy atom. The average Bonchev–Trinajstić information content (AvgIpc) is 2.83. The van der Waals surface area contributed by atoms with Crippen LogP contribution in [-0.2, 0) is 14.3 Å². The molecule has 4 heteroatoms. The van der Waals surface area contributed by atoms with E-state index in [1.54, 1.807) is 0 Å². The maximum atomic E-state index is 12.2. The van der Waals surface area contributed by atoms with Crippen molar-refractivity contribution in [3.05, 3.63) is 0 Å². The van der Waals surface area contributed by atoms with E-state index in [-0.39, 0.29) is 17.8 Å². The molecule has 0 heterocycles. The van der Waals surface area contributed by atoms with E-state index in [9.17, 15) is 9.59 Å². The third-order valence-electron chi connectivity index (χ3n) is 3.90. The van der Waals surface area contributed by atoms with Gasteiger partial charge in [0.2, 0.25) is 5.91 Å². The summed E-state index contributed by atoms with van der Waals surface area (Å²) in [6.07, 6.45) is 6.51. The number of esters is 1. The fourth-order valence-corrected chi connectivity index (χ4v) is 2.74. The second-order valence-corrected chi connectivity index (χ2v) is 7.51. The predicted octanol–water partition coefficient (Wildman–Crippen LogP) is 3.44. The SMILES string of the molecule is CC(C)[C@H](NC(=O)CCC1CCCC1)C(=O)OC(C)(C)C. The van der Waals surface area contributed by atoms with Gasteiger partial charge in [0.1, 0.15) is 11.6 Å². The molecule has 1 atom stereocenters. The molecule has 1 rings (SSSR count). The second kappa shape index (κ2) is 7.81. The van der Waals surface area contributed by atoms with E-state index in [1.165, 1.54) is 25.7 Å². The topological polar surface area (TPSA) is 55.4 Å². The van der Waals surface area contributed by atoms with Crippen molar-refractivity contribution in [3.8, 4) is 0 Å². The lowest BCUT2D eigenvalue weighted by molar-refractivity contribution is -0.160. The van der Waals surface area contributed by atoms with Crippen molar-refractivity contribution < 1.29 is 14.3 Å². The molecule has 1 N–H and O–H groups in total. The minimum atomic E-state index is -0.555. The highest BCUT2D eigenvalue weighted by Gasteiger charge is 2.29. The lowest BCUT2D eigenvalue weighted by atomic mass is 10.0. The molecule has 1 aliphatic carbocycles. The molecule has 122 valence electrons. The van der Waals surface area contributed by atoms with Crippen molar-refractivity contribution in [2.24, 2.45) is 11.8 Å². The summed E-state index contributed by atoms with van der Waals surface area (Å²) in [6.45, 7) is 9.36. The first-order chi connectivity index (χ1) is 9.69. The summed E-state index contributed by atoms with van der Waals surface area (Å²) in [6, 6.07) is -0.555. The first-order valence-electron chi connectivity index (χ1n) is 8.21. The normalized spacial score (nSPS) is 17.8. The second-order valence-electron chi connectivity index (χ2n) is 7.51. The molecule has 4 nitrogen and oxygen atoms in total. The van der Waals surface area contributed by atoms with Crippen LogP contribution in [0.3, 0.4) is 0 Å². The molecule has 21 heavy (non-hydrogen) atoms. The zero-order valence-electron chi connectivity index (χ0n) is 14.2. The first-order valence-corrected chi connectivity index (χ1v) is 8.21. The van der Waals surface area contributed by atoms with E-state index < -0.39 is 11.6 Å². The Hall–Kier alpha value is -1.06. The third-order valence-corrected chi connectivity index (χ3v) is 3.90. The summed E-state index contributed by atoms with van der Waals surface area (Å²) in [4.78, 5) is 24.2. The molecule has 1 fully saturated rings. The van der Waals surface area contributed by atoms with Gasteiger partial charge in [-0.3, -0.25) is 4.79 Å². The zero-order chi connectivity index (χ0) is 16.0. The van der Waals surface area contributed by atoms with Gasteiger partial charge in [0.05, 0.1) is 0 Å². The van der Waals surface area contributed by atoms with E-state index in [1.807, 2.05) is 34.6 Å². The van der Waals surface area contributed by atoms with Crippen LogP contribution in [0.4, 0.5) is 0 Å². The van der Waals surface area contributed by atoms with Gasteiger partial charge in [0.15, 0.2) is 0 Å². The molecule has 0 aromatic carbocycles. The zero-order valence-corrected chi connectivity index (χ0v) is 14.2. The molecule has 0 unspecified atom stereocenters. The molecule has 0 aromatic rings. The summed E-state index contributed by atoms with van der Waals surface area (Å²) in [5, 5.41) is 2.85. The lowest BCUT2D eigenvalue weighted by Gasteiger charge is -2.26. The first kappa shape index (κ1) is 18.0. The highest BCUT2D eigenvalue weighted by Crippen LogP contribution is 2.28. The van der Waals surface area contributed by atoms with Crippen LogP contribution < -0.4 is 5.32 Å². The minimum absolute atomic E-state index is 0.0234. The van der Waals surface area contributed by atoms with Gasteiger partial charge in [0, 0.05) is 6.42 Å². The number of hydrogen-bond acceptors (Lipinski definition) is 3. The Kier molecular flexibility index (Phi) is 6.69. The fraction of sp³-hybridized carbons (Fsp3) is 0.882. The maximum Gasteiger partial charge on any atom is 0.329 e. The van der Waals surface area contributed by atoms with Crippen LogP contribution in [0.1, 0.15) is 73.1 Å². The summed E-state index contributed by atoms with van der Waals surface area (Å²) in [5.41, 5.74) is -0.529. The van der Waals surface area contributed by atoms with Gasteiger partial charge in [-0.2, -0.15) is 0 Å². The van der Waals surface area contributed by atoms with E-state index in [2.05, 4.69) is 5.32 Å². The molecule has 1 saturated carbocycles. The number of rotatable bonds is 6. The minimum Gasteiger partial charge on any atom is -0.458 e. The van der Waals surface area contributed by atoms with Crippen molar-refractivity contribution in [2.75, 3.05) is 0 Å². The molecule has 0 bridgehead atoms. The van der Waals surface area contributed by atoms with Gasteiger partial charge in [0.25, 0.3) is 0 Å². The van der Waals surface area contributed by atoms with Crippen molar-refractivity contribution in [2.45, 2.75) is 84.8 Å². The van der Waals surface area contributed by atoms with Crippen molar-refractivity contribution in [1.29, 1.82) is 0 Å². The van der Waals surface area contributed by atoms with Crippen molar-refractivity contribution in [1.82, 2.24) is 5.32 Å². The van der Waals surface area contributed by atoms with Gasteiger partial charge in [-0.15, -0.1) is 0 Å². The van der Waals surface area contributed by atoms with E-state index in [0.717, 1.165) is 6.42 Å². The highest BCUT2D eigenvalue weighted by atomic mass is 16.6. The van der Waals surface area contributed by atoms with Crippen LogP contribution in [0.25, 0.3) is 0 Å². The third kappa shape index (κ3) is 6.96. The van der Waals surface area contributed by atoms with Crippen LogP contribution >= 0.6 is 0 Å². The van der Waals surface area contributed by atoms with Crippen molar-refractivity contribution in [3.63, 3.8) is 0 Å². The quantitative estimate of drug-likeness (QED) is 0.764. The van der Waals surface area contributed by atoms with E-state index >= 15 is 0 Å². The van der Waals surface area contributed by atoms with E-state index in [0.29, 0.717) is 12.3 Å². The molecule has 0 aromatic heterocycles. The van der Waals surface area contributed by atoms with Gasteiger partial charge in [-0.1, -0.05) is 39.5 Å². The summed E-state index contributed by atoms with van der Waals surface area (Å²) in [5.74, 6) is 0.336. The van der Waals surface area contributed by atoms with Crippen LogP contribution in [-0.4, -0.2) is 23.5 Å². The maximum absolute atomic E-state index is 12.2. The summed E-state index contributed by atoms with van der Waals surface area (Å²) >= 11 is 0. The van der Waals surface area contributed by atoms with Gasteiger partial charge >= 0.3 is 5.97 Å². The van der Waals surface area contributed by atoms with Crippen molar-refractivity contribution >= 4 is 11.9 Å². The number of ether oxygens (including phenoxy) is 1. The van der Waals surface area contributed by atoms with Crippen LogP contribution in [0.15, 0.2) is 0 Å².